The number of para-hydroxylation sites is 1. The van der Waals surface area contributed by atoms with Crippen LogP contribution in [0.2, 0.25) is 0 Å². The maximum Gasteiger partial charge on any atom is 0.253 e. The van der Waals surface area contributed by atoms with Crippen molar-refractivity contribution in [1.29, 1.82) is 0 Å². The predicted molar refractivity (Wildman–Crippen MR) is 104 cm³/mol. The van der Waals surface area contributed by atoms with Crippen molar-refractivity contribution in [1.82, 2.24) is 10.2 Å². The lowest BCUT2D eigenvalue weighted by atomic mass is 9.85. The van der Waals surface area contributed by atoms with Gasteiger partial charge in [-0.05, 0) is 38.3 Å². The molecule has 1 fully saturated rings. The molecule has 7 nitrogen and oxygen atoms in total. The standard InChI is InChI=1S/C21H25N3O4/c1-3-13(2)22-19(26)16-10-6-7-11-17(16)23-18(25)12-24-20(27)14-8-4-5-9-15(14)21(24)28/h4-7,10-11,13-15H,3,8-9,12H2,1-2H3,(H,22,26)(H,23,25). The van der Waals surface area contributed by atoms with Gasteiger partial charge >= 0.3 is 0 Å². The minimum absolute atomic E-state index is 0.00746. The summed E-state index contributed by atoms with van der Waals surface area (Å²) in [4.78, 5) is 51.0. The van der Waals surface area contributed by atoms with E-state index in [0.717, 1.165) is 11.3 Å². The van der Waals surface area contributed by atoms with E-state index in [2.05, 4.69) is 10.6 Å². The molecule has 28 heavy (non-hydrogen) atoms. The summed E-state index contributed by atoms with van der Waals surface area (Å²) in [5, 5.41) is 5.54. The van der Waals surface area contributed by atoms with Crippen LogP contribution in [0, 0.1) is 11.8 Å². The maximum atomic E-state index is 12.5. The fraction of sp³-hybridized carbons (Fsp3) is 0.429. The Kier molecular flexibility index (Phi) is 5.92. The second kappa shape index (κ2) is 8.37. The Hall–Kier alpha value is -2.96. The van der Waals surface area contributed by atoms with Crippen molar-refractivity contribution in [2.45, 2.75) is 39.2 Å². The van der Waals surface area contributed by atoms with E-state index in [-0.39, 0.29) is 42.1 Å². The molecule has 3 atom stereocenters. The number of carbonyl (C=O) groups excluding carboxylic acids is 4. The molecule has 0 aromatic heterocycles. The summed E-state index contributed by atoms with van der Waals surface area (Å²) in [6.07, 6.45) is 5.67. The minimum atomic E-state index is -0.503. The molecule has 0 saturated carbocycles. The highest BCUT2D eigenvalue weighted by Crippen LogP contribution is 2.34. The topological polar surface area (TPSA) is 95.6 Å². The van der Waals surface area contributed by atoms with Crippen molar-refractivity contribution < 1.29 is 19.2 Å². The van der Waals surface area contributed by atoms with Crippen LogP contribution in [-0.4, -0.2) is 41.1 Å². The summed E-state index contributed by atoms with van der Waals surface area (Å²) >= 11 is 0. The number of allylic oxidation sites excluding steroid dienone is 2. The van der Waals surface area contributed by atoms with Gasteiger partial charge in [0.1, 0.15) is 6.54 Å². The van der Waals surface area contributed by atoms with Gasteiger partial charge in [-0.25, -0.2) is 0 Å². The van der Waals surface area contributed by atoms with Crippen LogP contribution < -0.4 is 10.6 Å². The monoisotopic (exact) mass is 383 g/mol. The van der Waals surface area contributed by atoms with Gasteiger partial charge < -0.3 is 10.6 Å². The molecule has 3 rings (SSSR count). The molecular formula is C21H25N3O4. The van der Waals surface area contributed by atoms with Crippen LogP contribution in [0.4, 0.5) is 5.69 Å². The van der Waals surface area contributed by atoms with Crippen LogP contribution >= 0.6 is 0 Å². The number of nitrogens with zero attached hydrogens (tertiary/aromatic N) is 1. The van der Waals surface area contributed by atoms with Crippen molar-refractivity contribution in [2.75, 3.05) is 11.9 Å². The Morgan fingerprint density at radius 2 is 1.71 bits per heavy atom. The normalized spacial score (nSPS) is 22.0. The van der Waals surface area contributed by atoms with Crippen LogP contribution in [0.3, 0.4) is 0 Å². The third kappa shape index (κ3) is 3.98. The van der Waals surface area contributed by atoms with Gasteiger partial charge in [0.25, 0.3) is 5.91 Å². The van der Waals surface area contributed by atoms with Crippen molar-refractivity contribution in [2.24, 2.45) is 11.8 Å². The van der Waals surface area contributed by atoms with Gasteiger partial charge in [0.05, 0.1) is 23.1 Å². The number of amides is 4. The Labute approximate surface area is 164 Å². The summed E-state index contributed by atoms with van der Waals surface area (Å²) in [7, 11) is 0. The Morgan fingerprint density at radius 3 is 2.32 bits per heavy atom. The zero-order valence-electron chi connectivity index (χ0n) is 16.1. The van der Waals surface area contributed by atoms with Gasteiger partial charge in [0.2, 0.25) is 17.7 Å². The smallest absolute Gasteiger partial charge is 0.253 e. The van der Waals surface area contributed by atoms with Crippen LogP contribution in [0.5, 0.6) is 0 Å². The molecule has 7 heteroatoms. The molecule has 1 saturated heterocycles. The number of benzene rings is 1. The van der Waals surface area contributed by atoms with Gasteiger partial charge in [-0.2, -0.15) is 0 Å². The van der Waals surface area contributed by atoms with Gasteiger partial charge in [0, 0.05) is 6.04 Å². The maximum absolute atomic E-state index is 12.5. The molecule has 3 unspecified atom stereocenters. The predicted octanol–water partition coefficient (Wildman–Crippen LogP) is 2.10. The lowest BCUT2D eigenvalue weighted by molar-refractivity contribution is -0.142. The summed E-state index contributed by atoms with van der Waals surface area (Å²) in [6, 6.07) is 6.68. The largest absolute Gasteiger partial charge is 0.350 e. The second-order valence-electron chi connectivity index (χ2n) is 7.29. The number of anilines is 1. The summed E-state index contributed by atoms with van der Waals surface area (Å²) in [6.45, 7) is 3.53. The third-order valence-corrected chi connectivity index (χ3v) is 5.34. The SMILES string of the molecule is CCC(C)NC(=O)c1ccccc1NC(=O)CN1C(=O)C2CC=CCC2C1=O. The van der Waals surface area contributed by atoms with E-state index in [1.807, 2.05) is 26.0 Å². The van der Waals surface area contributed by atoms with Gasteiger partial charge in [-0.1, -0.05) is 31.2 Å². The first-order chi connectivity index (χ1) is 13.4. The zero-order valence-corrected chi connectivity index (χ0v) is 16.1. The lowest BCUT2D eigenvalue weighted by Gasteiger charge is -2.17. The van der Waals surface area contributed by atoms with E-state index >= 15 is 0 Å². The first-order valence-electron chi connectivity index (χ1n) is 9.62. The van der Waals surface area contributed by atoms with E-state index in [4.69, 9.17) is 0 Å². The average Bonchev–Trinajstić information content (AvgIpc) is 2.93. The van der Waals surface area contributed by atoms with Gasteiger partial charge in [-0.3, -0.25) is 24.1 Å². The van der Waals surface area contributed by atoms with Crippen LogP contribution in [0.1, 0.15) is 43.5 Å². The quantitative estimate of drug-likeness (QED) is 0.581. The number of rotatable bonds is 6. The number of carbonyl (C=O) groups is 4. The third-order valence-electron chi connectivity index (χ3n) is 5.34. The van der Waals surface area contributed by atoms with Crippen molar-refractivity contribution in [3.63, 3.8) is 0 Å². The first-order valence-corrected chi connectivity index (χ1v) is 9.62. The summed E-state index contributed by atoms with van der Waals surface area (Å²) in [5.41, 5.74) is 0.694. The highest BCUT2D eigenvalue weighted by atomic mass is 16.2. The Balaban J connectivity index is 1.68. The van der Waals surface area contributed by atoms with E-state index in [1.54, 1.807) is 24.3 Å². The highest BCUT2D eigenvalue weighted by Gasteiger charge is 2.47. The molecule has 4 amide bonds. The fourth-order valence-corrected chi connectivity index (χ4v) is 3.55. The van der Waals surface area contributed by atoms with Crippen LogP contribution in [-0.2, 0) is 14.4 Å². The number of nitrogens with one attached hydrogen (secondary N) is 2. The van der Waals surface area contributed by atoms with E-state index in [1.165, 1.54) is 0 Å². The highest BCUT2D eigenvalue weighted by molar-refractivity contribution is 6.10. The molecule has 0 spiro atoms. The van der Waals surface area contributed by atoms with Crippen LogP contribution in [0.25, 0.3) is 0 Å². The summed E-state index contributed by atoms with van der Waals surface area (Å²) in [5.74, 6) is -2.10. The number of hydrogen-bond donors (Lipinski definition) is 2. The molecule has 1 aromatic carbocycles. The van der Waals surface area contributed by atoms with Crippen molar-refractivity contribution >= 4 is 29.3 Å². The number of hydrogen-bond acceptors (Lipinski definition) is 4. The molecule has 1 aliphatic heterocycles. The summed E-state index contributed by atoms with van der Waals surface area (Å²) < 4.78 is 0. The molecule has 1 aromatic rings. The van der Waals surface area contributed by atoms with Crippen LogP contribution in [0.15, 0.2) is 36.4 Å². The van der Waals surface area contributed by atoms with E-state index in [0.29, 0.717) is 24.1 Å². The lowest BCUT2D eigenvalue weighted by Crippen LogP contribution is -2.38. The molecule has 1 aliphatic carbocycles. The second-order valence-corrected chi connectivity index (χ2v) is 7.29. The minimum Gasteiger partial charge on any atom is -0.350 e. The number of fused-ring (bicyclic) bond motifs is 1. The number of likely N-dealkylation sites (tertiary alicyclic amines) is 1. The Morgan fingerprint density at radius 1 is 1.11 bits per heavy atom. The molecular weight excluding hydrogens is 358 g/mol. The molecule has 2 N–H and O–H groups in total. The molecule has 0 bridgehead atoms. The molecule has 148 valence electrons. The fourth-order valence-electron chi connectivity index (χ4n) is 3.55. The average molecular weight is 383 g/mol. The van der Waals surface area contributed by atoms with Crippen molar-refractivity contribution in [3.05, 3.63) is 42.0 Å². The van der Waals surface area contributed by atoms with Crippen molar-refractivity contribution in [3.8, 4) is 0 Å². The number of imide groups is 1. The van der Waals surface area contributed by atoms with Gasteiger partial charge in [-0.15, -0.1) is 0 Å². The van der Waals surface area contributed by atoms with Gasteiger partial charge in [0.15, 0.2) is 0 Å². The molecule has 1 heterocycles. The molecule has 2 aliphatic rings. The Bertz CT molecular complexity index is 807. The molecule has 0 radical (unpaired) electrons. The van der Waals surface area contributed by atoms with E-state index in [9.17, 15) is 19.2 Å². The van der Waals surface area contributed by atoms with E-state index < -0.39 is 5.91 Å². The zero-order chi connectivity index (χ0) is 20.3. The first kappa shape index (κ1) is 19.8.